The maximum Gasteiger partial charge on any atom is 0.417 e. The van der Waals surface area contributed by atoms with Crippen LogP contribution in [0.25, 0.3) is 11.1 Å². The summed E-state index contributed by atoms with van der Waals surface area (Å²) in [5, 5.41) is 0. The molecule has 2 N–H and O–H groups in total. The number of methoxy groups -OCH3 is 1. The molecule has 0 saturated carbocycles. The average molecular weight is 295 g/mol. The molecule has 3 nitrogen and oxygen atoms in total. The summed E-state index contributed by atoms with van der Waals surface area (Å²) in [6.07, 6.45) is -4.65. The van der Waals surface area contributed by atoms with Gasteiger partial charge in [-0.3, -0.25) is 0 Å². The van der Waals surface area contributed by atoms with E-state index in [1.807, 2.05) is 0 Å². The van der Waals surface area contributed by atoms with Gasteiger partial charge in [-0.2, -0.15) is 13.2 Å². The predicted molar refractivity (Wildman–Crippen MR) is 72.6 cm³/mol. The fourth-order valence-electron chi connectivity index (χ4n) is 1.96. The number of nitrogens with two attached hydrogens (primary N) is 1. The number of hydrogen-bond donors (Lipinski definition) is 1. The maximum absolute atomic E-state index is 13.1. The molecule has 0 bridgehead atoms. The lowest BCUT2D eigenvalue weighted by molar-refractivity contribution is -0.138. The number of ether oxygens (including phenoxy) is 1. The van der Waals surface area contributed by atoms with Gasteiger partial charge in [-0.1, -0.05) is 18.2 Å². The van der Waals surface area contributed by atoms with Crippen molar-refractivity contribution < 1.29 is 22.7 Å². The van der Waals surface area contributed by atoms with Crippen molar-refractivity contribution in [3.8, 4) is 11.1 Å². The summed E-state index contributed by atoms with van der Waals surface area (Å²) in [7, 11) is 1.04. The summed E-state index contributed by atoms with van der Waals surface area (Å²) in [4.78, 5) is 11.4. The number of rotatable bonds is 2. The van der Waals surface area contributed by atoms with Gasteiger partial charge in [0.1, 0.15) is 0 Å². The third kappa shape index (κ3) is 3.16. The van der Waals surface area contributed by atoms with Gasteiger partial charge in [0.15, 0.2) is 0 Å². The van der Waals surface area contributed by atoms with Crippen LogP contribution in [0.5, 0.6) is 0 Å². The highest BCUT2D eigenvalue weighted by Gasteiger charge is 2.35. The topological polar surface area (TPSA) is 52.3 Å². The Balaban J connectivity index is 2.60. The van der Waals surface area contributed by atoms with Crippen molar-refractivity contribution in [1.29, 1.82) is 0 Å². The number of nitrogen functional groups attached to an aromatic ring is 1. The van der Waals surface area contributed by atoms with Gasteiger partial charge in [0.25, 0.3) is 0 Å². The molecule has 0 radical (unpaired) electrons. The highest BCUT2D eigenvalue weighted by molar-refractivity contribution is 5.92. The largest absolute Gasteiger partial charge is 0.465 e. The first-order chi connectivity index (χ1) is 9.82. The van der Waals surface area contributed by atoms with Crippen molar-refractivity contribution in [2.75, 3.05) is 12.8 Å². The van der Waals surface area contributed by atoms with E-state index in [4.69, 9.17) is 5.73 Å². The molecule has 2 aromatic carbocycles. The molecule has 0 aromatic heterocycles. The summed E-state index contributed by atoms with van der Waals surface area (Å²) >= 11 is 0. The third-order valence-corrected chi connectivity index (χ3v) is 2.95. The van der Waals surface area contributed by atoms with Gasteiger partial charge in [-0.05, 0) is 35.4 Å². The lowest BCUT2D eigenvalue weighted by Crippen LogP contribution is -2.14. The standard InChI is InChI=1S/C15H12F3NO2/c1-21-14(20)12-6-5-10(8-13(12)15(16,17)18)9-3-2-4-11(19)7-9/h2-8H,19H2,1H3. The van der Waals surface area contributed by atoms with Gasteiger partial charge < -0.3 is 10.5 Å². The van der Waals surface area contributed by atoms with E-state index in [-0.39, 0.29) is 0 Å². The van der Waals surface area contributed by atoms with E-state index < -0.39 is 23.3 Å². The number of hydrogen-bond acceptors (Lipinski definition) is 3. The Hall–Kier alpha value is -2.50. The summed E-state index contributed by atoms with van der Waals surface area (Å²) in [5.74, 6) is -1.03. The monoisotopic (exact) mass is 295 g/mol. The van der Waals surface area contributed by atoms with Crippen molar-refractivity contribution in [1.82, 2.24) is 0 Å². The van der Waals surface area contributed by atoms with E-state index in [1.54, 1.807) is 24.3 Å². The maximum atomic E-state index is 13.1. The second-order valence-electron chi connectivity index (χ2n) is 4.38. The van der Waals surface area contributed by atoms with Gasteiger partial charge in [0.05, 0.1) is 18.2 Å². The minimum absolute atomic E-state index is 0.322. The van der Waals surface area contributed by atoms with Crippen molar-refractivity contribution in [3.05, 3.63) is 53.6 Å². The van der Waals surface area contributed by atoms with Crippen LogP contribution in [0.1, 0.15) is 15.9 Å². The third-order valence-electron chi connectivity index (χ3n) is 2.95. The van der Waals surface area contributed by atoms with Crippen molar-refractivity contribution in [2.24, 2.45) is 0 Å². The molecule has 0 saturated heterocycles. The van der Waals surface area contributed by atoms with Crippen LogP contribution in [-0.2, 0) is 10.9 Å². The second-order valence-corrected chi connectivity index (χ2v) is 4.38. The predicted octanol–water partition coefficient (Wildman–Crippen LogP) is 3.74. The molecule has 6 heteroatoms. The van der Waals surface area contributed by atoms with E-state index in [9.17, 15) is 18.0 Å². The average Bonchev–Trinajstić information content (AvgIpc) is 2.45. The lowest BCUT2D eigenvalue weighted by Gasteiger charge is -2.13. The van der Waals surface area contributed by atoms with Crippen LogP contribution in [0.4, 0.5) is 18.9 Å². The van der Waals surface area contributed by atoms with Crippen molar-refractivity contribution >= 4 is 11.7 Å². The fourth-order valence-corrected chi connectivity index (χ4v) is 1.96. The van der Waals surface area contributed by atoms with Gasteiger partial charge in [-0.15, -0.1) is 0 Å². The molecule has 0 unspecified atom stereocenters. The molecule has 0 aliphatic heterocycles. The minimum Gasteiger partial charge on any atom is -0.465 e. The molecule has 110 valence electrons. The molecule has 0 spiro atoms. The van der Waals surface area contributed by atoms with Crippen LogP contribution in [-0.4, -0.2) is 13.1 Å². The SMILES string of the molecule is COC(=O)c1ccc(-c2cccc(N)c2)cc1C(F)(F)F. The molecule has 0 fully saturated rings. The quantitative estimate of drug-likeness (QED) is 0.678. The summed E-state index contributed by atoms with van der Waals surface area (Å²) in [5.41, 5.74) is 5.38. The highest BCUT2D eigenvalue weighted by atomic mass is 19.4. The molecule has 0 aliphatic rings. The van der Waals surface area contributed by atoms with E-state index in [0.717, 1.165) is 19.2 Å². The molecule has 21 heavy (non-hydrogen) atoms. The van der Waals surface area contributed by atoms with Crippen LogP contribution < -0.4 is 5.73 Å². The molecule has 0 amide bonds. The summed E-state index contributed by atoms with van der Waals surface area (Å²) < 4.78 is 43.6. The molecule has 2 rings (SSSR count). The number of esters is 1. The van der Waals surface area contributed by atoms with Crippen LogP contribution in [0.3, 0.4) is 0 Å². The molecular weight excluding hydrogens is 283 g/mol. The molecule has 0 heterocycles. The number of halogens is 3. The summed E-state index contributed by atoms with van der Waals surface area (Å²) in [6, 6.07) is 9.94. The molecule has 0 atom stereocenters. The Morgan fingerprint density at radius 3 is 2.33 bits per heavy atom. The van der Waals surface area contributed by atoms with Crippen LogP contribution in [0.15, 0.2) is 42.5 Å². The zero-order valence-electron chi connectivity index (χ0n) is 11.1. The Bertz CT molecular complexity index is 681. The van der Waals surface area contributed by atoms with Gasteiger partial charge in [0, 0.05) is 5.69 Å². The van der Waals surface area contributed by atoms with Gasteiger partial charge in [-0.25, -0.2) is 4.79 Å². The highest BCUT2D eigenvalue weighted by Crippen LogP contribution is 2.35. The second kappa shape index (κ2) is 5.47. The Kier molecular flexibility index (Phi) is 3.88. The number of carbonyl (C=O) groups is 1. The first-order valence-corrected chi connectivity index (χ1v) is 5.98. The zero-order valence-corrected chi connectivity index (χ0v) is 11.1. The van der Waals surface area contributed by atoms with Crippen molar-refractivity contribution in [3.63, 3.8) is 0 Å². The first-order valence-electron chi connectivity index (χ1n) is 5.98. The lowest BCUT2D eigenvalue weighted by atomic mass is 9.98. The minimum atomic E-state index is -4.65. The first kappa shape index (κ1) is 14.9. The molecular formula is C15H12F3NO2. The number of alkyl halides is 3. The molecule has 2 aromatic rings. The Labute approximate surface area is 119 Å². The van der Waals surface area contributed by atoms with Crippen molar-refractivity contribution in [2.45, 2.75) is 6.18 Å². The number of benzene rings is 2. The fraction of sp³-hybridized carbons (Fsp3) is 0.133. The van der Waals surface area contributed by atoms with E-state index in [1.165, 1.54) is 6.07 Å². The van der Waals surface area contributed by atoms with Crippen LogP contribution >= 0.6 is 0 Å². The van der Waals surface area contributed by atoms with Gasteiger partial charge in [0.2, 0.25) is 0 Å². The van der Waals surface area contributed by atoms with E-state index in [0.29, 0.717) is 16.8 Å². The van der Waals surface area contributed by atoms with Gasteiger partial charge >= 0.3 is 12.1 Å². The Morgan fingerprint density at radius 1 is 1.10 bits per heavy atom. The smallest absolute Gasteiger partial charge is 0.417 e. The summed E-state index contributed by atoms with van der Waals surface area (Å²) in [6.45, 7) is 0. The van der Waals surface area contributed by atoms with Crippen LogP contribution in [0.2, 0.25) is 0 Å². The Morgan fingerprint density at radius 2 is 1.76 bits per heavy atom. The zero-order chi connectivity index (χ0) is 15.6. The van der Waals surface area contributed by atoms with Crippen LogP contribution in [0, 0.1) is 0 Å². The molecule has 0 aliphatic carbocycles. The number of anilines is 1. The number of carbonyl (C=O) groups excluding carboxylic acids is 1. The normalized spacial score (nSPS) is 11.2. The van der Waals surface area contributed by atoms with E-state index >= 15 is 0 Å². The van der Waals surface area contributed by atoms with E-state index in [2.05, 4.69) is 4.74 Å².